The monoisotopic (exact) mass is 339 g/mol. The minimum Gasteiger partial charge on any atom is -0.299 e. The number of thioether (sulfide) groups is 1. The fraction of sp³-hybridized carbons (Fsp3) is 0.833. The third-order valence-electron chi connectivity index (χ3n) is 4.79. The summed E-state index contributed by atoms with van der Waals surface area (Å²) in [5.41, 5.74) is 0. The number of nitrogens with zero attached hydrogens (tertiary/aromatic N) is 1. The van der Waals surface area contributed by atoms with E-state index in [0.717, 1.165) is 25.7 Å². The number of hydrogen-bond donors (Lipinski definition) is 0. The topological polar surface area (TPSA) is 54.5 Å². The van der Waals surface area contributed by atoms with Crippen LogP contribution in [0.15, 0.2) is 0 Å². The number of Topliss-reactive ketones (excluding diaryl/α,β-unsaturated/α-hetero) is 1. The second-order valence-electron chi connectivity index (χ2n) is 7.80. The van der Waals surface area contributed by atoms with E-state index in [2.05, 4.69) is 20.8 Å². The van der Waals surface area contributed by atoms with Crippen LogP contribution in [0.2, 0.25) is 0 Å². The molecule has 1 saturated heterocycles. The van der Waals surface area contributed by atoms with Crippen LogP contribution in [0.1, 0.15) is 66.2 Å². The summed E-state index contributed by atoms with van der Waals surface area (Å²) in [5, 5.41) is -0.222. The molecule has 2 rings (SSSR count). The zero-order valence-electron chi connectivity index (χ0n) is 14.8. The quantitative estimate of drug-likeness (QED) is 0.720. The maximum absolute atomic E-state index is 12.5. The Morgan fingerprint density at radius 1 is 1.17 bits per heavy atom. The van der Waals surface area contributed by atoms with Gasteiger partial charge in [-0.05, 0) is 31.6 Å². The minimum absolute atomic E-state index is 0.0123. The molecule has 2 fully saturated rings. The molecule has 1 saturated carbocycles. The van der Waals surface area contributed by atoms with Gasteiger partial charge in [-0.3, -0.25) is 19.3 Å². The Bertz CT molecular complexity index is 475. The highest BCUT2D eigenvalue weighted by Crippen LogP contribution is 2.36. The van der Waals surface area contributed by atoms with Crippen molar-refractivity contribution in [2.24, 2.45) is 11.8 Å². The molecule has 0 spiro atoms. The zero-order valence-corrected chi connectivity index (χ0v) is 15.6. The Balaban J connectivity index is 1.88. The number of likely N-dealkylation sites (tertiary alicyclic amines) is 1. The third kappa shape index (κ3) is 4.82. The number of rotatable bonds is 5. The highest BCUT2D eigenvalue weighted by atomic mass is 32.2. The van der Waals surface area contributed by atoms with Gasteiger partial charge in [0.25, 0.3) is 0 Å². The van der Waals surface area contributed by atoms with Gasteiger partial charge in [-0.1, -0.05) is 27.7 Å². The molecule has 0 aromatic rings. The molecule has 0 aromatic heterocycles. The Labute approximate surface area is 143 Å². The Hall–Kier alpha value is -0.840. The summed E-state index contributed by atoms with van der Waals surface area (Å²) < 4.78 is -0.0187. The molecule has 1 unspecified atom stereocenters. The first-order valence-corrected chi connectivity index (χ1v) is 9.64. The van der Waals surface area contributed by atoms with E-state index in [9.17, 15) is 14.4 Å². The summed E-state index contributed by atoms with van der Waals surface area (Å²) in [5.74, 6) is 0.885. The van der Waals surface area contributed by atoms with Crippen LogP contribution in [0.5, 0.6) is 0 Å². The standard InChI is InChI=1S/C18H29NO3S/c1-5-14(20)13-8-6-12(7-9-13)11-19-16(21)10-15(17(19)22)23-18(2,3)4/h12-13,15H,5-11H2,1-4H3. The highest BCUT2D eigenvalue weighted by Gasteiger charge is 2.42. The predicted octanol–water partition coefficient (Wildman–Crippen LogP) is 3.43. The van der Waals surface area contributed by atoms with Crippen LogP contribution in [0.3, 0.4) is 0 Å². The van der Waals surface area contributed by atoms with Gasteiger partial charge in [-0.15, -0.1) is 11.8 Å². The Morgan fingerprint density at radius 3 is 2.30 bits per heavy atom. The summed E-state index contributed by atoms with van der Waals surface area (Å²) in [4.78, 5) is 38.0. The zero-order chi connectivity index (χ0) is 17.2. The van der Waals surface area contributed by atoms with Crippen molar-refractivity contribution in [1.29, 1.82) is 0 Å². The molecule has 1 heterocycles. The number of carbonyl (C=O) groups is 3. The van der Waals surface area contributed by atoms with Gasteiger partial charge in [0.05, 0.1) is 5.25 Å². The van der Waals surface area contributed by atoms with E-state index >= 15 is 0 Å². The van der Waals surface area contributed by atoms with E-state index in [0.29, 0.717) is 31.1 Å². The first-order valence-electron chi connectivity index (χ1n) is 8.76. The molecule has 1 atom stereocenters. The van der Waals surface area contributed by atoms with Crippen LogP contribution >= 0.6 is 11.8 Å². The number of imide groups is 1. The van der Waals surface area contributed by atoms with E-state index in [1.807, 2.05) is 6.92 Å². The average Bonchev–Trinajstić information content (AvgIpc) is 2.73. The SMILES string of the molecule is CCC(=O)C1CCC(CN2C(=O)CC(SC(C)(C)C)C2=O)CC1. The molecule has 0 radical (unpaired) electrons. The largest absolute Gasteiger partial charge is 0.299 e. The van der Waals surface area contributed by atoms with Crippen molar-refractivity contribution in [3.8, 4) is 0 Å². The molecule has 0 bridgehead atoms. The molecule has 23 heavy (non-hydrogen) atoms. The van der Waals surface area contributed by atoms with Crippen molar-refractivity contribution in [3.63, 3.8) is 0 Å². The van der Waals surface area contributed by atoms with E-state index in [1.54, 1.807) is 11.8 Å². The van der Waals surface area contributed by atoms with Crippen molar-refractivity contribution >= 4 is 29.4 Å². The molecule has 130 valence electrons. The van der Waals surface area contributed by atoms with Gasteiger partial charge in [0.15, 0.2) is 0 Å². The van der Waals surface area contributed by atoms with Gasteiger partial charge in [0.2, 0.25) is 11.8 Å². The van der Waals surface area contributed by atoms with Crippen LogP contribution in [0.4, 0.5) is 0 Å². The first kappa shape index (κ1) is 18.5. The second kappa shape index (κ2) is 7.37. The van der Waals surface area contributed by atoms with Gasteiger partial charge in [-0.2, -0.15) is 0 Å². The van der Waals surface area contributed by atoms with Crippen LogP contribution in [0, 0.1) is 11.8 Å². The number of amides is 2. The molecule has 1 aliphatic heterocycles. The summed E-state index contributed by atoms with van der Waals surface area (Å²) in [6, 6.07) is 0. The number of ketones is 1. The van der Waals surface area contributed by atoms with E-state index in [1.165, 1.54) is 4.90 Å². The first-order chi connectivity index (χ1) is 10.7. The third-order valence-corrected chi connectivity index (χ3v) is 6.15. The molecule has 2 aliphatic rings. The van der Waals surface area contributed by atoms with Crippen molar-refractivity contribution in [2.75, 3.05) is 6.54 Å². The molecule has 0 aromatic carbocycles. The molecule has 5 heteroatoms. The molecule has 2 amide bonds. The van der Waals surface area contributed by atoms with E-state index in [4.69, 9.17) is 0 Å². The van der Waals surface area contributed by atoms with Crippen molar-refractivity contribution in [2.45, 2.75) is 76.2 Å². The lowest BCUT2D eigenvalue weighted by molar-refractivity contribution is -0.139. The maximum atomic E-state index is 12.5. The normalized spacial score (nSPS) is 29.2. The lowest BCUT2D eigenvalue weighted by Crippen LogP contribution is -2.37. The van der Waals surface area contributed by atoms with E-state index in [-0.39, 0.29) is 27.7 Å². The summed E-state index contributed by atoms with van der Waals surface area (Å²) in [6.07, 6.45) is 4.67. The predicted molar refractivity (Wildman–Crippen MR) is 93.2 cm³/mol. The van der Waals surface area contributed by atoms with Gasteiger partial charge >= 0.3 is 0 Å². The minimum atomic E-state index is -0.222. The van der Waals surface area contributed by atoms with E-state index < -0.39 is 0 Å². The molecule has 0 N–H and O–H groups in total. The van der Waals surface area contributed by atoms with Crippen LogP contribution in [-0.2, 0) is 14.4 Å². The molecular formula is C18H29NO3S. The summed E-state index contributed by atoms with van der Waals surface area (Å²) in [7, 11) is 0. The molecule has 4 nitrogen and oxygen atoms in total. The Morgan fingerprint density at radius 2 is 1.78 bits per heavy atom. The lowest BCUT2D eigenvalue weighted by atomic mass is 9.79. The van der Waals surface area contributed by atoms with Crippen LogP contribution in [-0.4, -0.2) is 39.0 Å². The average molecular weight is 340 g/mol. The summed E-state index contributed by atoms with van der Waals surface area (Å²) >= 11 is 1.59. The second-order valence-corrected chi connectivity index (χ2v) is 9.83. The van der Waals surface area contributed by atoms with Crippen molar-refractivity contribution in [3.05, 3.63) is 0 Å². The highest BCUT2D eigenvalue weighted by molar-refractivity contribution is 8.01. The molecule has 1 aliphatic carbocycles. The van der Waals surface area contributed by atoms with Crippen LogP contribution in [0.25, 0.3) is 0 Å². The Kier molecular flexibility index (Phi) is 5.93. The summed E-state index contributed by atoms with van der Waals surface area (Å²) in [6.45, 7) is 8.69. The molecular weight excluding hydrogens is 310 g/mol. The number of carbonyl (C=O) groups excluding carboxylic acids is 3. The van der Waals surface area contributed by atoms with Crippen LogP contribution < -0.4 is 0 Å². The van der Waals surface area contributed by atoms with Gasteiger partial charge < -0.3 is 0 Å². The fourth-order valence-corrected chi connectivity index (χ4v) is 4.88. The van der Waals surface area contributed by atoms with Crippen molar-refractivity contribution in [1.82, 2.24) is 4.90 Å². The number of hydrogen-bond acceptors (Lipinski definition) is 4. The van der Waals surface area contributed by atoms with Gasteiger partial charge in [0, 0.05) is 30.1 Å². The van der Waals surface area contributed by atoms with Gasteiger partial charge in [0.1, 0.15) is 5.78 Å². The maximum Gasteiger partial charge on any atom is 0.242 e. The lowest BCUT2D eigenvalue weighted by Gasteiger charge is -2.30. The van der Waals surface area contributed by atoms with Crippen molar-refractivity contribution < 1.29 is 14.4 Å². The fourth-order valence-electron chi connectivity index (χ4n) is 3.58. The smallest absolute Gasteiger partial charge is 0.242 e. The van der Waals surface area contributed by atoms with Gasteiger partial charge in [-0.25, -0.2) is 0 Å².